The Morgan fingerprint density at radius 2 is 2.08 bits per heavy atom. The zero-order valence-electron chi connectivity index (χ0n) is 7.67. The van der Waals surface area contributed by atoms with E-state index in [1.54, 1.807) is 11.6 Å². The van der Waals surface area contributed by atoms with Gasteiger partial charge in [-0.3, -0.25) is 0 Å². The molecule has 0 atom stereocenters. The van der Waals surface area contributed by atoms with Gasteiger partial charge in [0.05, 0.1) is 5.69 Å². The van der Waals surface area contributed by atoms with Crippen LogP contribution in [0.15, 0.2) is 0 Å². The van der Waals surface area contributed by atoms with E-state index < -0.39 is 0 Å². The summed E-state index contributed by atoms with van der Waals surface area (Å²) in [5, 5.41) is 22.2. The van der Waals surface area contributed by atoms with Crippen LogP contribution in [0.25, 0.3) is 0 Å². The van der Waals surface area contributed by atoms with Gasteiger partial charge in [0.25, 0.3) is 0 Å². The molecule has 4 heteroatoms. The van der Waals surface area contributed by atoms with Crippen molar-refractivity contribution in [3.63, 3.8) is 0 Å². The van der Waals surface area contributed by atoms with Gasteiger partial charge in [-0.1, -0.05) is 0 Å². The van der Waals surface area contributed by atoms with Crippen molar-refractivity contribution in [1.29, 1.82) is 0 Å². The third-order valence-electron chi connectivity index (χ3n) is 2.61. The molecule has 1 aliphatic heterocycles. The van der Waals surface area contributed by atoms with E-state index in [0.717, 1.165) is 31.5 Å². The summed E-state index contributed by atoms with van der Waals surface area (Å²) in [7, 11) is 1.70. The number of nitrogens with zero attached hydrogens (tertiary/aromatic N) is 1. The summed E-state index contributed by atoms with van der Waals surface area (Å²) in [6, 6.07) is 0. The fraction of sp³-hybridized carbons (Fsp3) is 0.556. The highest BCUT2D eigenvalue weighted by Gasteiger charge is 2.22. The summed E-state index contributed by atoms with van der Waals surface area (Å²) in [6.45, 7) is 0.802. The zero-order valence-corrected chi connectivity index (χ0v) is 7.67. The molecule has 13 heavy (non-hydrogen) atoms. The highest BCUT2D eigenvalue weighted by Crippen LogP contribution is 2.41. The number of hydrogen-bond acceptors (Lipinski definition) is 3. The summed E-state index contributed by atoms with van der Waals surface area (Å²) in [6.07, 6.45) is 3.00. The van der Waals surface area contributed by atoms with E-state index in [0.29, 0.717) is 5.69 Å². The number of fused-ring (bicyclic) bond motifs is 1. The lowest BCUT2D eigenvalue weighted by Gasteiger charge is -2.14. The fourth-order valence-electron chi connectivity index (χ4n) is 1.93. The molecule has 4 nitrogen and oxygen atoms in total. The Kier molecular flexibility index (Phi) is 1.83. The maximum absolute atomic E-state index is 9.71. The SMILES string of the molecule is CNc1c(O)c2n(c1O)CCCC2. The average molecular weight is 182 g/mol. The summed E-state index contributed by atoms with van der Waals surface area (Å²) in [5.41, 5.74) is 1.31. The molecule has 2 heterocycles. The molecule has 0 aromatic carbocycles. The predicted octanol–water partition coefficient (Wildman–Crippen LogP) is 1.28. The molecule has 0 unspecified atom stereocenters. The first-order valence-corrected chi connectivity index (χ1v) is 4.56. The zero-order chi connectivity index (χ0) is 9.42. The van der Waals surface area contributed by atoms with Gasteiger partial charge in [-0.25, -0.2) is 0 Å². The second-order valence-corrected chi connectivity index (χ2v) is 3.35. The van der Waals surface area contributed by atoms with Crippen LogP contribution in [0.4, 0.5) is 5.69 Å². The number of anilines is 1. The van der Waals surface area contributed by atoms with Crippen LogP contribution in [0.2, 0.25) is 0 Å². The lowest BCUT2D eigenvalue weighted by atomic mass is 10.1. The number of hydrogen-bond donors (Lipinski definition) is 3. The van der Waals surface area contributed by atoms with Gasteiger partial charge in [0.2, 0.25) is 5.88 Å². The quantitative estimate of drug-likeness (QED) is 0.613. The van der Waals surface area contributed by atoms with Crippen LogP contribution >= 0.6 is 0 Å². The first-order valence-electron chi connectivity index (χ1n) is 4.56. The third-order valence-corrected chi connectivity index (χ3v) is 2.61. The summed E-state index contributed by atoms with van der Waals surface area (Å²) in [4.78, 5) is 0. The van der Waals surface area contributed by atoms with Crippen LogP contribution in [0.1, 0.15) is 18.5 Å². The van der Waals surface area contributed by atoms with Crippen LogP contribution in [0.5, 0.6) is 11.6 Å². The Bertz CT molecular complexity index is 301. The largest absolute Gasteiger partial charge is 0.504 e. The summed E-state index contributed by atoms with van der Waals surface area (Å²) >= 11 is 0. The second-order valence-electron chi connectivity index (χ2n) is 3.35. The van der Waals surface area contributed by atoms with Gasteiger partial charge in [0, 0.05) is 13.6 Å². The molecule has 0 spiro atoms. The molecule has 2 rings (SSSR count). The van der Waals surface area contributed by atoms with Crippen LogP contribution in [0.3, 0.4) is 0 Å². The van der Waals surface area contributed by atoms with E-state index in [1.807, 2.05) is 0 Å². The summed E-state index contributed by atoms with van der Waals surface area (Å²) in [5.74, 6) is 0.370. The predicted molar refractivity (Wildman–Crippen MR) is 50.2 cm³/mol. The molecule has 0 radical (unpaired) electrons. The number of aromatic nitrogens is 1. The van der Waals surface area contributed by atoms with Crippen molar-refractivity contribution in [3.05, 3.63) is 5.69 Å². The highest BCUT2D eigenvalue weighted by atomic mass is 16.3. The first kappa shape index (κ1) is 8.29. The Labute approximate surface area is 76.8 Å². The molecule has 0 saturated carbocycles. The van der Waals surface area contributed by atoms with E-state index in [-0.39, 0.29) is 11.6 Å². The van der Waals surface area contributed by atoms with E-state index >= 15 is 0 Å². The van der Waals surface area contributed by atoms with Gasteiger partial charge in [-0.15, -0.1) is 0 Å². The van der Waals surface area contributed by atoms with Crippen LogP contribution in [-0.4, -0.2) is 21.8 Å². The molecule has 0 fully saturated rings. The van der Waals surface area contributed by atoms with E-state index in [2.05, 4.69) is 5.32 Å². The standard InChI is InChI=1S/C9H14N2O2/c1-10-7-8(12)6-4-2-3-5-11(6)9(7)13/h10,12-13H,2-5H2,1H3. The van der Waals surface area contributed by atoms with E-state index in [9.17, 15) is 10.2 Å². The Morgan fingerprint density at radius 3 is 2.69 bits per heavy atom. The first-order chi connectivity index (χ1) is 6.25. The minimum Gasteiger partial charge on any atom is -0.504 e. The van der Waals surface area contributed by atoms with Crippen LogP contribution in [0, 0.1) is 0 Å². The molecule has 1 aromatic rings. The maximum atomic E-state index is 9.71. The molecular formula is C9H14N2O2. The van der Waals surface area contributed by atoms with E-state index in [1.165, 1.54) is 0 Å². The van der Waals surface area contributed by atoms with E-state index in [4.69, 9.17) is 0 Å². The highest BCUT2D eigenvalue weighted by molar-refractivity contribution is 5.67. The second kappa shape index (κ2) is 2.87. The van der Waals surface area contributed by atoms with Crippen molar-refractivity contribution in [2.75, 3.05) is 12.4 Å². The molecule has 3 N–H and O–H groups in total. The van der Waals surface area contributed by atoms with Gasteiger partial charge < -0.3 is 20.1 Å². The van der Waals surface area contributed by atoms with Crippen molar-refractivity contribution in [3.8, 4) is 11.6 Å². The fourth-order valence-corrected chi connectivity index (χ4v) is 1.93. The third kappa shape index (κ3) is 1.05. The van der Waals surface area contributed by atoms with Gasteiger partial charge >= 0.3 is 0 Å². The van der Waals surface area contributed by atoms with Crippen molar-refractivity contribution in [2.45, 2.75) is 25.8 Å². The molecule has 72 valence electrons. The minimum atomic E-state index is 0.162. The van der Waals surface area contributed by atoms with Gasteiger partial charge in [0.15, 0.2) is 5.75 Å². The molecule has 1 aromatic heterocycles. The normalized spacial score (nSPS) is 15.5. The van der Waals surface area contributed by atoms with Gasteiger partial charge in [0.1, 0.15) is 5.69 Å². The molecule has 0 amide bonds. The molecule has 1 aliphatic rings. The van der Waals surface area contributed by atoms with Crippen molar-refractivity contribution in [1.82, 2.24) is 4.57 Å². The monoisotopic (exact) mass is 182 g/mol. The number of nitrogens with one attached hydrogen (secondary N) is 1. The Hall–Kier alpha value is -1.32. The lowest BCUT2D eigenvalue weighted by molar-refractivity contribution is 0.391. The average Bonchev–Trinajstić information content (AvgIpc) is 2.41. The number of rotatable bonds is 1. The Balaban J connectivity index is 2.56. The summed E-state index contributed by atoms with van der Waals surface area (Å²) < 4.78 is 1.78. The lowest BCUT2D eigenvalue weighted by Crippen LogP contribution is -2.08. The molecule has 0 bridgehead atoms. The maximum Gasteiger partial charge on any atom is 0.219 e. The topological polar surface area (TPSA) is 57.4 Å². The minimum absolute atomic E-state index is 0.162. The van der Waals surface area contributed by atoms with Gasteiger partial charge in [-0.05, 0) is 19.3 Å². The molecular weight excluding hydrogens is 168 g/mol. The molecule has 0 saturated heterocycles. The number of aromatic hydroxyl groups is 2. The van der Waals surface area contributed by atoms with Gasteiger partial charge in [-0.2, -0.15) is 0 Å². The van der Waals surface area contributed by atoms with Crippen molar-refractivity contribution < 1.29 is 10.2 Å². The smallest absolute Gasteiger partial charge is 0.219 e. The molecule has 0 aliphatic carbocycles. The van der Waals surface area contributed by atoms with Crippen LogP contribution < -0.4 is 5.32 Å². The van der Waals surface area contributed by atoms with Crippen LogP contribution in [-0.2, 0) is 13.0 Å². The van der Waals surface area contributed by atoms with Crippen molar-refractivity contribution in [2.24, 2.45) is 0 Å². The Morgan fingerprint density at radius 1 is 1.31 bits per heavy atom. The van der Waals surface area contributed by atoms with Crippen molar-refractivity contribution >= 4 is 5.69 Å².